The van der Waals surface area contributed by atoms with E-state index in [0.717, 1.165) is 18.4 Å². The topological polar surface area (TPSA) is 38.8 Å². The molecule has 0 unspecified atom stereocenters. The Morgan fingerprint density at radius 2 is 2.10 bits per heavy atom. The fourth-order valence-electron chi connectivity index (χ4n) is 3.22. The van der Waals surface area contributed by atoms with Gasteiger partial charge in [-0.2, -0.15) is 0 Å². The molecular formula is C16H19NO3. The fourth-order valence-corrected chi connectivity index (χ4v) is 3.22. The Kier molecular flexibility index (Phi) is 3.05. The van der Waals surface area contributed by atoms with E-state index < -0.39 is 5.54 Å². The van der Waals surface area contributed by atoms with Crippen LogP contribution in [0.1, 0.15) is 32.3 Å². The Hall–Kier alpha value is -1.81. The molecule has 0 aromatic heterocycles. The molecule has 0 radical (unpaired) electrons. The van der Waals surface area contributed by atoms with E-state index >= 15 is 0 Å². The van der Waals surface area contributed by atoms with Crippen LogP contribution in [0.25, 0.3) is 5.76 Å². The molecule has 0 aliphatic carbocycles. The number of fused-ring (bicyclic) bond motifs is 1. The third kappa shape index (κ3) is 1.75. The lowest BCUT2D eigenvalue weighted by molar-refractivity contribution is -0.143. The highest BCUT2D eigenvalue weighted by Crippen LogP contribution is 2.49. The van der Waals surface area contributed by atoms with Crippen molar-refractivity contribution >= 4 is 11.7 Å². The first-order valence-corrected chi connectivity index (χ1v) is 6.93. The average Bonchev–Trinajstić information content (AvgIpc) is 2.93. The number of nitrogens with zero attached hydrogens (tertiary/aromatic N) is 1. The van der Waals surface area contributed by atoms with Gasteiger partial charge in [-0.25, -0.2) is 4.79 Å². The minimum atomic E-state index is -0.391. The number of rotatable bonds is 2. The number of carbonyl (C=O) groups excluding carboxylic acids is 1. The molecular weight excluding hydrogens is 254 g/mol. The summed E-state index contributed by atoms with van der Waals surface area (Å²) in [6.07, 6.45) is 1.91. The van der Waals surface area contributed by atoms with E-state index in [1.165, 1.54) is 7.11 Å². The monoisotopic (exact) mass is 273 g/mol. The molecule has 0 bridgehead atoms. The number of hydroxylamine groups is 2. The summed E-state index contributed by atoms with van der Waals surface area (Å²) < 4.78 is 4.99. The standard InChI is InChI=1S/C16H19NO3/c1-11-9-10-16(2)13(15(18)19-3)14(20-17(11)16)12-7-5-4-6-8-12/h4-8,11H,9-10H2,1-3H3/t11-,16+/m1/s1. The van der Waals surface area contributed by atoms with Gasteiger partial charge in [0.05, 0.1) is 12.6 Å². The summed E-state index contributed by atoms with van der Waals surface area (Å²) in [4.78, 5) is 18.3. The van der Waals surface area contributed by atoms with Crippen LogP contribution in [0.2, 0.25) is 0 Å². The van der Waals surface area contributed by atoms with E-state index in [9.17, 15) is 4.79 Å². The second kappa shape index (κ2) is 4.63. The van der Waals surface area contributed by atoms with Crippen LogP contribution < -0.4 is 0 Å². The van der Waals surface area contributed by atoms with Gasteiger partial charge in [-0.3, -0.25) is 0 Å². The first-order chi connectivity index (χ1) is 9.58. The minimum absolute atomic E-state index is 0.292. The predicted molar refractivity (Wildman–Crippen MR) is 75.4 cm³/mol. The summed E-state index contributed by atoms with van der Waals surface area (Å²) in [7, 11) is 1.42. The molecule has 1 aromatic rings. The highest BCUT2D eigenvalue weighted by Gasteiger charge is 2.55. The van der Waals surface area contributed by atoms with Gasteiger partial charge in [0, 0.05) is 11.6 Å². The van der Waals surface area contributed by atoms with Gasteiger partial charge >= 0.3 is 5.97 Å². The van der Waals surface area contributed by atoms with Gasteiger partial charge in [-0.1, -0.05) is 30.3 Å². The van der Waals surface area contributed by atoms with Crippen molar-refractivity contribution in [2.24, 2.45) is 0 Å². The molecule has 2 atom stereocenters. The zero-order chi connectivity index (χ0) is 14.3. The van der Waals surface area contributed by atoms with Crippen LogP contribution in [0.4, 0.5) is 0 Å². The fraction of sp³-hybridized carbons (Fsp3) is 0.438. The second-order valence-electron chi connectivity index (χ2n) is 5.64. The van der Waals surface area contributed by atoms with Crippen molar-refractivity contribution in [3.8, 4) is 0 Å². The maximum Gasteiger partial charge on any atom is 0.339 e. The maximum atomic E-state index is 12.3. The number of esters is 1. The second-order valence-corrected chi connectivity index (χ2v) is 5.64. The van der Waals surface area contributed by atoms with E-state index in [1.807, 2.05) is 35.4 Å². The van der Waals surface area contributed by atoms with Crippen LogP contribution in [-0.2, 0) is 14.4 Å². The van der Waals surface area contributed by atoms with Crippen LogP contribution in [0, 0.1) is 0 Å². The molecule has 106 valence electrons. The van der Waals surface area contributed by atoms with Gasteiger partial charge in [0.1, 0.15) is 5.57 Å². The SMILES string of the molecule is COC(=O)C1=C(c2ccccc2)ON2[C@H](C)CC[C@@]12C. The largest absolute Gasteiger partial charge is 0.465 e. The van der Waals surface area contributed by atoms with E-state index in [0.29, 0.717) is 17.4 Å². The van der Waals surface area contributed by atoms with Crippen molar-refractivity contribution in [2.75, 3.05) is 7.11 Å². The third-order valence-corrected chi connectivity index (χ3v) is 4.32. The maximum absolute atomic E-state index is 12.3. The molecule has 1 aromatic carbocycles. The molecule has 2 heterocycles. The lowest BCUT2D eigenvalue weighted by Gasteiger charge is -2.28. The summed E-state index contributed by atoms with van der Waals surface area (Å²) in [5.41, 5.74) is 1.16. The number of carbonyl (C=O) groups is 1. The predicted octanol–water partition coefficient (Wildman–Crippen LogP) is 2.76. The summed E-state index contributed by atoms with van der Waals surface area (Å²) in [5, 5.41) is 1.95. The lowest BCUT2D eigenvalue weighted by atomic mass is 9.88. The van der Waals surface area contributed by atoms with Crippen LogP contribution >= 0.6 is 0 Å². The highest BCUT2D eigenvalue weighted by atomic mass is 16.7. The molecule has 4 heteroatoms. The van der Waals surface area contributed by atoms with Crippen LogP contribution in [0.3, 0.4) is 0 Å². The smallest absolute Gasteiger partial charge is 0.339 e. The van der Waals surface area contributed by atoms with Gasteiger partial charge in [-0.05, 0) is 26.7 Å². The molecule has 1 saturated heterocycles. The van der Waals surface area contributed by atoms with Crippen molar-refractivity contribution in [2.45, 2.75) is 38.3 Å². The lowest BCUT2D eigenvalue weighted by Crippen LogP contribution is -2.42. The number of methoxy groups -OCH3 is 1. The number of benzene rings is 1. The van der Waals surface area contributed by atoms with Crippen LogP contribution in [0.5, 0.6) is 0 Å². The van der Waals surface area contributed by atoms with E-state index in [1.54, 1.807) is 0 Å². The van der Waals surface area contributed by atoms with Crippen molar-refractivity contribution < 1.29 is 14.4 Å². The average molecular weight is 273 g/mol. The van der Waals surface area contributed by atoms with Gasteiger partial charge in [0.25, 0.3) is 0 Å². The Morgan fingerprint density at radius 3 is 2.75 bits per heavy atom. The first kappa shape index (κ1) is 13.2. The van der Waals surface area contributed by atoms with Crippen molar-refractivity contribution in [3.05, 3.63) is 41.5 Å². The van der Waals surface area contributed by atoms with E-state index in [4.69, 9.17) is 9.57 Å². The Labute approximate surface area is 118 Å². The molecule has 0 saturated carbocycles. The Morgan fingerprint density at radius 1 is 1.40 bits per heavy atom. The van der Waals surface area contributed by atoms with Crippen molar-refractivity contribution in [3.63, 3.8) is 0 Å². The molecule has 20 heavy (non-hydrogen) atoms. The number of hydrogen-bond acceptors (Lipinski definition) is 4. The minimum Gasteiger partial charge on any atom is -0.465 e. The molecule has 0 spiro atoms. The zero-order valence-electron chi connectivity index (χ0n) is 12.1. The van der Waals surface area contributed by atoms with Gasteiger partial charge in [-0.15, -0.1) is 5.06 Å². The van der Waals surface area contributed by atoms with Crippen LogP contribution in [0.15, 0.2) is 35.9 Å². The highest BCUT2D eigenvalue weighted by molar-refractivity contribution is 5.99. The van der Waals surface area contributed by atoms with Gasteiger partial charge in [0.2, 0.25) is 0 Å². The zero-order valence-corrected chi connectivity index (χ0v) is 12.1. The summed E-state index contributed by atoms with van der Waals surface area (Å²) >= 11 is 0. The van der Waals surface area contributed by atoms with Gasteiger partial charge in [0.15, 0.2) is 5.76 Å². The Bertz CT molecular complexity index is 566. The summed E-state index contributed by atoms with van der Waals surface area (Å²) in [6, 6.07) is 10.0. The molecule has 4 nitrogen and oxygen atoms in total. The van der Waals surface area contributed by atoms with Crippen molar-refractivity contribution in [1.29, 1.82) is 0 Å². The molecule has 3 rings (SSSR count). The molecule has 0 amide bonds. The molecule has 1 fully saturated rings. The summed E-state index contributed by atoms with van der Waals surface area (Å²) in [6.45, 7) is 4.17. The normalized spacial score (nSPS) is 29.2. The van der Waals surface area contributed by atoms with Gasteiger partial charge < -0.3 is 9.57 Å². The van der Waals surface area contributed by atoms with E-state index in [2.05, 4.69) is 13.8 Å². The van der Waals surface area contributed by atoms with Crippen molar-refractivity contribution in [1.82, 2.24) is 5.06 Å². The first-order valence-electron chi connectivity index (χ1n) is 6.93. The summed E-state index contributed by atoms with van der Waals surface area (Å²) in [5.74, 6) is 0.328. The molecule has 0 N–H and O–H groups in total. The van der Waals surface area contributed by atoms with Crippen LogP contribution in [-0.4, -0.2) is 29.7 Å². The Balaban J connectivity index is 2.13. The molecule has 2 aliphatic heterocycles. The van der Waals surface area contributed by atoms with E-state index in [-0.39, 0.29) is 5.97 Å². The number of hydrogen-bond donors (Lipinski definition) is 0. The quantitative estimate of drug-likeness (QED) is 0.777. The number of ether oxygens (including phenoxy) is 1. The third-order valence-electron chi connectivity index (χ3n) is 4.32. The molecule has 2 aliphatic rings.